The summed E-state index contributed by atoms with van der Waals surface area (Å²) in [6, 6.07) is 3.83. The molecule has 0 bridgehead atoms. The second-order valence-corrected chi connectivity index (χ2v) is 3.40. The summed E-state index contributed by atoms with van der Waals surface area (Å²) in [7, 11) is 0. The number of nitrogens with zero attached hydrogens (tertiary/aromatic N) is 2. The summed E-state index contributed by atoms with van der Waals surface area (Å²) in [5.41, 5.74) is -1.04. The van der Waals surface area contributed by atoms with E-state index in [1.54, 1.807) is 0 Å². The summed E-state index contributed by atoms with van der Waals surface area (Å²) >= 11 is 2.89. The van der Waals surface area contributed by atoms with Gasteiger partial charge in [-0.15, -0.1) is 0 Å². The number of nitro groups is 2. The normalized spacial score (nSPS) is 8.88. The second-order valence-electron chi connectivity index (χ2n) is 2.60. The zero-order valence-electron chi connectivity index (χ0n) is 8.42. The van der Waals surface area contributed by atoms with Gasteiger partial charge in [0, 0.05) is 6.92 Å². The van der Waals surface area contributed by atoms with Crippen LogP contribution in [0.25, 0.3) is 0 Å². The van der Waals surface area contributed by atoms with Crippen LogP contribution in [0.4, 0.5) is 11.4 Å². The van der Waals surface area contributed by atoms with E-state index in [2.05, 4.69) is 21.1 Å². The Morgan fingerprint density at radius 2 is 1.76 bits per heavy atom. The first-order valence-electron chi connectivity index (χ1n) is 4.00. The van der Waals surface area contributed by atoms with Crippen LogP contribution in [0, 0.1) is 20.2 Å². The molecule has 0 radical (unpaired) electrons. The Morgan fingerprint density at radius 3 is 2.06 bits per heavy atom. The van der Waals surface area contributed by atoms with Gasteiger partial charge in [0.2, 0.25) is 0 Å². The molecule has 0 saturated heterocycles. The number of nitro benzene ring substituents is 2. The van der Waals surface area contributed by atoms with E-state index in [1.165, 1.54) is 12.1 Å². The van der Waals surface area contributed by atoms with E-state index >= 15 is 0 Å². The van der Waals surface area contributed by atoms with Crippen LogP contribution < -0.4 is 3.78 Å². The van der Waals surface area contributed by atoms with Crippen molar-refractivity contribution in [1.29, 1.82) is 0 Å². The van der Waals surface area contributed by atoms with E-state index in [1.807, 2.05) is 0 Å². The van der Waals surface area contributed by atoms with Crippen LogP contribution in [-0.4, -0.2) is 20.9 Å². The van der Waals surface area contributed by atoms with E-state index in [-0.39, 0.29) is 3.78 Å². The third kappa shape index (κ3) is 5.20. The molecule has 1 N–H and O–H groups in total. The predicted octanol–water partition coefficient (Wildman–Crippen LogP) is 0.766. The molecule has 96 valence electrons. The van der Waals surface area contributed by atoms with E-state index in [4.69, 9.17) is 9.90 Å². The van der Waals surface area contributed by atoms with Gasteiger partial charge in [-0.05, 0) is 0 Å². The molecule has 1 aromatic rings. The third-order valence-corrected chi connectivity index (χ3v) is 1.91. The van der Waals surface area contributed by atoms with Crippen molar-refractivity contribution in [3.05, 3.63) is 38.4 Å². The summed E-state index contributed by atoms with van der Waals surface area (Å²) in [6.45, 7) is 1.08. The van der Waals surface area contributed by atoms with Crippen molar-refractivity contribution in [3.63, 3.8) is 0 Å². The Balaban J connectivity index is 0.000000557. The molecule has 8 nitrogen and oxygen atoms in total. The number of carboxylic acids is 1. The molecule has 0 spiro atoms. The molecule has 0 atom stereocenters. The number of para-hydroxylation sites is 1. The van der Waals surface area contributed by atoms with Gasteiger partial charge in [-0.3, -0.25) is 4.79 Å². The number of aliphatic carboxylic acids is 1. The van der Waals surface area contributed by atoms with Crippen LogP contribution in [0.3, 0.4) is 0 Å². The Kier molecular flexibility index (Phi) is 6.03. The molecule has 1 rings (SSSR count). The van der Waals surface area contributed by atoms with Gasteiger partial charge in [-0.25, -0.2) is 0 Å². The summed E-state index contributed by atoms with van der Waals surface area (Å²) in [4.78, 5) is 28.2. The van der Waals surface area contributed by atoms with E-state index in [9.17, 15) is 20.2 Å². The van der Waals surface area contributed by atoms with Gasteiger partial charge >= 0.3 is 84.5 Å². The van der Waals surface area contributed by atoms with E-state index < -0.39 is 27.2 Å². The molecule has 0 amide bonds. The third-order valence-electron chi connectivity index (χ3n) is 1.31. The molecule has 0 saturated carbocycles. The van der Waals surface area contributed by atoms with Crippen LogP contribution in [-0.2, 0) is 25.9 Å². The van der Waals surface area contributed by atoms with Crippen LogP contribution >= 0.6 is 0 Å². The van der Waals surface area contributed by atoms with E-state index in [0.29, 0.717) is 0 Å². The zero-order valence-corrected chi connectivity index (χ0v) is 9.90. The van der Waals surface area contributed by atoms with Crippen molar-refractivity contribution in [3.8, 4) is 0 Å². The number of hydrogen-bond acceptors (Lipinski definition) is 5. The van der Waals surface area contributed by atoms with Crippen LogP contribution in [0.15, 0.2) is 18.2 Å². The zero-order chi connectivity index (χ0) is 13.6. The molecular formula is C8H7AgN2O6. The van der Waals surface area contributed by atoms with E-state index in [0.717, 1.165) is 13.0 Å². The maximum absolute atomic E-state index is 10.4. The Hall–Kier alpha value is -1.77. The van der Waals surface area contributed by atoms with Crippen molar-refractivity contribution in [2.45, 2.75) is 6.92 Å². The van der Waals surface area contributed by atoms with Gasteiger partial charge in [-0.2, -0.15) is 0 Å². The summed E-state index contributed by atoms with van der Waals surface area (Å²) in [5.74, 6) is -0.833. The summed E-state index contributed by atoms with van der Waals surface area (Å²) in [5, 5.41) is 28.2. The van der Waals surface area contributed by atoms with Crippen LogP contribution in [0.2, 0.25) is 0 Å². The first-order valence-corrected chi connectivity index (χ1v) is 4.74. The van der Waals surface area contributed by atoms with Crippen LogP contribution in [0.5, 0.6) is 0 Å². The number of carboxylic acid groups (broad SMARTS) is 1. The molecule has 1 aromatic carbocycles. The van der Waals surface area contributed by atoms with Crippen molar-refractivity contribution in [2.75, 3.05) is 0 Å². The average molecular weight is 335 g/mol. The molecule has 0 unspecified atom stereocenters. The predicted molar refractivity (Wildman–Crippen MR) is 52.7 cm³/mol. The van der Waals surface area contributed by atoms with Crippen molar-refractivity contribution < 1.29 is 40.8 Å². The fourth-order valence-corrected chi connectivity index (χ4v) is 1.28. The van der Waals surface area contributed by atoms with Crippen molar-refractivity contribution >= 4 is 21.1 Å². The van der Waals surface area contributed by atoms with Gasteiger partial charge in [0.05, 0.1) is 0 Å². The molecule has 17 heavy (non-hydrogen) atoms. The summed E-state index contributed by atoms with van der Waals surface area (Å²) in [6.07, 6.45) is 0. The number of hydrogen-bond donors (Lipinski definition) is 1. The first kappa shape index (κ1) is 15.2. The molecule has 0 heterocycles. The number of rotatable bonds is 2. The standard InChI is InChI=1S/C6H3N2O4.C2H4O2.Ag/c9-7(10)5-3-1-2-4-6(5)8(11)12;1-2(3)4;/h1-3H;1H3,(H,3,4);. The molecule has 0 fully saturated rings. The van der Waals surface area contributed by atoms with Gasteiger partial charge < -0.3 is 5.11 Å². The maximum atomic E-state index is 10.4. The SMILES string of the molecule is CC(=O)O.O=[N+]([O-])c1ccc[c]([Ag])c1[N+](=O)[O-]. The van der Waals surface area contributed by atoms with Gasteiger partial charge in [0.15, 0.2) is 0 Å². The number of benzene rings is 1. The minimum atomic E-state index is -0.833. The molecule has 0 aliphatic heterocycles. The molecule has 0 aliphatic rings. The molecule has 9 heteroatoms. The number of carbonyl (C=O) groups is 1. The quantitative estimate of drug-likeness (QED) is 0.484. The van der Waals surface area contributed by atoms with Crippen LogP contribution in [0.1, 0.15) is 6.92 Å². The second kappa shape index (κ2) is 6.74. The monoisotopic (exact) mass is 334 g/mol. The Morgan fingerprint density at radius 1 is 1.29 bits per heavy atom. The molecule has 0 aliphatic carbocycles. The first-order chi connectivity index (χ1) is 7.77. The topological polar surface area (TPSA) is 124 Å². The van der Waals surface area contributed by atoms with Gasteiger partial charge in [0.1, 0.15) is 0 Å². The fourth-order valence-electron chi connectivity index (χ4n) is 0.808. The van der Waals surface area contributed by atoms with Gasteiger partial charge in [-0.1, -0.05) is 0 Å². The molecule has 0 aromatic heterocycles. The molecular weight excluding hydrogens is 328 g/mol. The van der Waals surface area contributed by atoms with Gasteiger partial charge in [0.25, 0.3) is 5.97 Å². The average Bonchev–Trinajstić information content (AvgIpc) is 2.15. The van der Waals surface area contributed by atoms with Crippen molar-refractivity contribution in [2.24, 2.45) is 0 Å². The Bertz CT molecular complexity index is 457. The minimum absolute atomic E-state index is 0.101. The van der Waals surface area contributed by atoms with Crippen molar-refractivity contribution in [1.82, 2.24) is 0 Å². The Labute approximate surface area is 107 Å². The summed E-state index contributed by atoms with van der Waals surface area (Å²) < 4.78 is 0.101. The fraction of sp³-hybridized carbons (Fsp3) is 0.125.